The van der Waals surface area contributed by atoms with E-state index in [0.717, 1.165) is 19.7 Å². The van der Waals surface area contributed by atoms with Crippen molar-refractivity contribution in [2.45, 2.75) is 19.4 Å². The summed E-state index contributed by atoms with van der Waals surface area (Å²) in [5, 5.41) is 3.25. The number of nitrogens with one attached hydrogen (secondary N) is 1. The third-order valence-electron chi connectivity index (χ3n) is 1.32. The first kappa shape index (κ1) is 12.8. The second-order valence-corrected chi connectivity index (χ2v) is 4.02. The molecule has 0 aliphatic carbocycles. The SMILES string of the molecule is CC1(C)CNCCO1.O=S(=O)(O)F. The predicted octanol–water partition coefficient (Wildman–Crippen LogP) is 0.143. The van der Waals surface area contributed by atoms with Gasteiger partial charge in [-0.1, -0.05) is 3.89 Å². The van der Waals surface area contributed by atoms with Gasteiger partial charge in [0.15, 0.2) is 0 Å². The second kappa shape index (κ2) is 4.85. The molecule has 1 heterocycles. The first-order valence-corrected chi connectivity index (χ1v) is 5.06. The van der Waals surface area contributed by atoms with Gasteiger partial charge in [-0.15, -0.1) is 0 Å². The monoisotopic (exact) mass is 215 g/mol. The molecule has 0 atom stereocenters. The molecule has 0 aromatic carbocycles. The molecular weight excluding hydrogens is 201 g/mol. The van der Waals surface area contributed by atoms with Gasteiger partial charge in [0.25, 0.3) is 0 Å². The fourth-order valence-electron chi connectivity index (χ4n) is 0.840. The summed E-state index contributed by atoms with van der Waals surface area (Å²) in [6.07, 6.45) is 0. The van der Waals surface area contributed by atoms with Crippen LogP contribution in [0, 0.1) is 0 Å². The molecule has 7 heteroatoms. The minimum atomic E-state index is -5.17. The Hall–Kier alpha value is -0.240. The normalized spacial score (nSPS) is 21.5. The van der Waals surface area contributed by atoms with Gasteiger partial charge in [-0.2, -0.15) is 8.42 Å². The lowest BCUT2D eigenvalue weighted by Gasteiger charge is -2.30. The molecule has 1 saturated heterocycles. The van der Waals surface area contributed by atoms with Gasteiger partial charge in [0, 0.05) is 13.1 Å². The number of halogens is 1. The fourth-order valence-corrected chi connectivity index (χ4v) is 0.840. The molecule has 80 valence electrons. The summed E-state index contributed by atoms with van der Waals surface area (Å²) in [5.74, 6) is 0. The largest absolute Gasteiger partial charge is 0.435 e. The number of hydrogen-bond donors (Lipinski definition) is 2. The Morgan fingerprint density at radius 2 is 2.00 bits per heavy atom. The number of hydrogen-bond acceptors (Lipinski definition) is 4. The van der Waals surface area contributed by atoms with Gasteiger partial charge in [0.05, 0.1) is 12.2 Å². The zero-order chi connectivity index (χ0) is 10.5. The van der Waals surface area contributed by atoms with E-state index in [1.165, 1.54) is 0 Å². The highest BCUT2D eigenvalue weighted by atomic mass is 32.3. The minimum absolute atomic E-state index is 0.0677. The van der Waals surface area contributed by atoms with Crippen molar-refractivity contribution in [3.63, 3.8) is 0 Å². The first-order valence-electron chi connectivity index (χ1n) is 3.72. The quantitative estimate of drug-likeness (QED) is 0.444. The molecule has 0 spiro atoms. The maximum absolute atomic E-state index is 10.2. The van der Waals surface area contributed by atoms with Crippen molar-refractivity contribution < 1.29 is 21.6 Å². The topological polar surface area (TPSA) is 75.6 Å². The van der Waals surface area contributed by atoms with Crippen molar-refractivity contribution in [1.82, 2.24) is 5.32 Å². The Bertz CT molecular complexity index is 223. The van der Waals surface area contributed by atoms with Crippen LogP contribution in [0.1, 0.15) is 13.8 Å². The summed E-state index contributed by atoms with van der Waals surface area (Å²) in [4.78, 5) is 0. The molecule has 1 aliphatic heterocycles. The second-order valence-electron chi connectivity index (χ2n) is 3.20. The van der Waals surface area contributed by atoms with Crippen LogP contribution in [0.25, 0.3) is 0 Å². The van der Waals surface area contributed by atoms with Crippen LogP contribution in [0.3, 0.4) is 0 Å². The molecule has 1 rings (SSSR count). The van der Waals surface area contributed by atoms with Crippen LogP contribution in [0.5, 0.6) is 0 Å². The van der Waals surface area contributed by atoms with Crippen molar-refractivity contribution in [2.75, 3.05) is 19.7 Å². The van der Waals surface area contributed by atoms with Crippen molar-refractivity contribution in [3.8, 4) is 0 Å². The molecule has 5 nitrogen and oxygen atoms in total. The molecule has 2 N–H and O–H groups in total. The maximum Gasteiger partial charge on any atom is 0.435 e. The average molecular weight is 215 g/mol. The molecule has 0 saturated carbocycles. The van der Waals surface area contributed by atoms with E-state index in [0.29, 0.717) is 0 Å². The van der Waals surface area contributed by atoms with Crippen molar-refractivity contribution in [1.29, 1.82) is 0 Å². The zero-order valence-electron chi connectivity index (χ0n) is 7.58. The first-order chi connectivity index (χ1) is 5.71. The molecule has 13 heavy (non-hydrogen) atoms. The Balaban J connectivity index is 0.000000252. The highest BCUT2D eigenvalue weighted by Gasteiger charge is 2.20. The molecule has 0 aromatic rings. The van der Waals surface area contributed by atoms with Gasteiger partial charge in [-0.25, -0.2) is 0 Å². The summed E-state index contributed by atoms with van der Waals surface area (Å²) in [5.41, 5.74) is 0.0677. The van der Waals surface area contributed by atoms with Crippen LogP contribution in [-0.2, 0) is 15.2 Å². The van der Waals surface area contributed by atoms with E-state index in [4.69, 9.17) is 17.7 Å². The van der Waals surface area contributed by atoms with Gasteiger partial charge in [-0.3, -0.25) is 4.55 Å². The van der Waals surface area contributed by atoms with Crippen molar-refractivity contribution in [3.05, 3.63) is 0 Å². The molecular formula is C6H14FNO4S. The van der Waals surface area contributed by atoms with Gasteiger partial charge in [0.1, 0.15) is 0 Å². The summed E-state index contributed by atoms with van der Waals surface area (Å²) < 4.78 is 39.5. The van der Waals surface area contributed by atoms with Crippen LogP contribution < -0.4 is 5.32 Å². The lowest BCUT2D eigenvalue weighted by atomic mass is 10.1. The Labute approximate surface area is 77.3 Å². The Morgan fingerprint density at radius 1 is 1.54 bits per heavy atom. The molecule has 0 aromatic heterocycles. The van der Waals surface area contributed by atoms with E-state index < -0.39 is 10.5 Å². The zero-order valence-corrected chi connectivity index (χ0v) is 8.40. The minimum Gasteiger partial charge on any atom is -0.373 e. The summed E-state index contributed by atoms with van der Waals surface area (Å²) in [6.45, 7) is 7.03. The van der Waals surface area contributed by atoms with Crippen LogP contribution in [0.2, 0.25) is 0 Å². The predicted molar refractivity (Wildman–Crippen MR) is 45.6 cm³/mol. The lowest BCUT2D eigenvalue weighted by molar-refractivity contribution is -0.0384. The molecule has 0 radical (unpaired) electrons. The molecule has 0 bridgehead atoms. The highest BCUT2D eigenvalue weighted by Crippen LogP contribution is 2.08. The van der Waals surface area contributed by atoms with Crippen molar-refractivity contribution >= 4 is 10.5 Å². The summed E-state index contributed by atoms with van der Waals surface area (Å²) >= 11 is 0. The fraction of sp³-hybridized carbons (Fsp3) is 1.00. The van der Waals surface area contributed by atoms with Gasteiger partial charge < -0.3 is 10.1 Å². The van der Waals surface area contributed by atoms with Crippen LogP contribution in [-0.4, -0.2) is 38.3 Å². The molecule has 0 unspecified atom stereocenters. The van der Waals surface area contributed by atoms with E-state index in [-0.39, 0.29) is 5.60 Å². The van der Waals surface area contributed by atoms with Gasteiger partial charge in [-0.05, 0) is 13.8 Å². The van der Waals surface area contributed by atoms with Gasteiger partial charge >= 0.3 is 10.5 Å². The van der Waals surface area contributed by atoms with E-state index in [2.05, 4.69) is 19.2 Å². The molecule has 0 amide bonds. The third kappa shape index (κ3) is 11.8. The van der Waals surface area contributed by atoms with E-state index >= 15 is 0 Å². The van der Waals surface area contributed by atoms with E-state index in [9.17, 15) is 3.89 Å². The van der Waals surface area contributed by atoms with Crippen molar-refractivity contribution in [2.24, 2.45) is 0 Å². The number of morpholine rings is 1. The highest BCUT2D eigenvalue weighted by molar-refractivity contribution is 7.80. The number of ether oxygens (including phenoxy) is 1. The van der Waals surface area contributed by atoms with Crippen LogP contribution in [0.4, 0.5) is 3.89 Å². The smallest absolute Gasteiger partial charge is 0.373 e. The van der Waals surface area contributed by atoms with E-state index in [1.54, 1.807) is 0 Å². The average Bonchev–Trinajstić information content (AvgIpc) is 1.82. The maximum atomic E-state index is 10.2. The summed E-state index contributed by atoms with van der Waals surface area (Å²) in [7, 11) is -5.17. The summed E-state index contributed by atoms with van der Waals surface area (Å²) in [6, 6.07) is 0. The lowest BCUT2D eigenvalue weighted by Crippen LogP contribution is -2.45. The van der Waals surface area contributed by atoms with E-state index in [1.807, 2.05) is 0 Å². The van der Waals surface area contributed by atoms with Crippen LogP contribution >= 0.6 is 0 Å². The Kier molecular flexibility index (Phi) is 4.76. The molecule has 1 fully saturated rings. The molecule has 1 aliphatic rings. The Morgan fingerprint density at radius 3 is 2.15 bits per heavy atom. The van der Waals surface area contributed by atoms with Gasteiger partial charge in [0.2, 0.25) is 0 Å². The standard InChI is InChI=1S/C6H13NO.FHO3S/c1-6(2)5-7-3-4-8-6;1-5(2,3)4/h7H,3-5H2,1-2H3;(H,2,3,4). The third-order valence-corrected chi connectivity index (χ3v) is 1.32. The van der Waals surface area contributed by atoms with Crippen LogP contribution in [0.15, 0.2) is 0 Å². The number of rotatable bonds is 0.